The van der Waals surface area contributed by atoms with E-state index in [-0.39, 0.29) is 26.4 Å². The second-order valence-corrected chi connectivity index (χ2v) is 17.4. The summed E-state index contributed by atoms with van der Waals surface area (Å²) in [7, 11) is 2.80. The normalized spacial score (nSPS) is 24.5. The van der Waals surface area contributed by atoms with Gasteiger partial charge in [-0.2, -0.15) is 0 Å². The number of benzene rings is 5. The van der Waals surface area contributed by atoms with Crippen molar-refractivity contribution >= 4 is 10.8 Å². The Morgan fingerprint density at radius 1 is 0.486 bits per heavy atom. The van der Waals surface area contributed by atoms with Crippen molar-refractivity contribution in [2.24, 2.45) is 0 Å². The van der Waals surface area contributed by atoms with E-state index in [4.69, 9.17) is 62.7 Å². The van der Waals surface area contributed by atoms with Crippen LogP contribution in [0.2, 0.25) is 0 Å². The smallest absolute Gasteiger partial charge is 0.187 e. The van der Waals surface area contributed by atoms with Crippen LogP contribution in [0.1, 0.15) is 22.3 Å². The van der Waals surface area contributed by atoms with Crippen LogP contribution >= 0.6 is 0 Å². The zero-order valence-corrected chi connectivity index (χ0v) is 40.5. The van der Waals surface area contributed by atoms with Crippen molar-refractivity contribution in [2.75, 3.05) is 53.9 Å². The second-order valence-electron chi connectivity index (χ2n) is 17.4. The van der Waals surface area contributed by atoms with Crippen molar-refractivity contribution in [3.8, 4) is 0 Å². The van der Waals surface area contributed by atoms with Gasteiger partial charge in [0.05, 0.1) is 66.1 Å². The summed E-state index contributed by atoms with van der Waals surface area (Å²) in [5.74, 6) is 0. The molecule has 0 bridgehead atoms. The number of hydrogen-bond acceptors (Lipinski definition) is 18. The van der Waals surface area contributed by atoms with Crippen LogP contribution in [0.25, 0.3) is 10.8 Å². The third-order valence-electron chi connectivity index (χ3n) is 12.3. The topological polar surface area (TPSA) is 254 Å². The Morgan fingerprint density at radius 2 is 0.944 bits per heavy atom. The van der Waals surface area contributed by atoms with Gasteiger partial charge in [-0.15, -0.1) is 0 Å². The van der Waals surface area contributed by atoms with E-state index in [2.05, 4.69) is 30.3 Å². The van der Waals surface area contributed by atoms with Gasteiger partial charge < -0.3 is 88.2 Å². The molecule has 0 aliphatic carbocycles. The molecule has 0 spiro atoms. The van der Waals surface area contributed by atoms with Crippen LogP contribution in [-0.4, -0.2) is 181 Å². The van der Waals surface area contributed by atoms with Crippen molar-refractivity contribution in [3.63, 3.8) is 0 Å². The third-order valence-corrected chi connectivity index (χ3v) is 12.3. The summed E-state index contributed by atoms with van der Waals surface area (Å²) in [5, 5.41) is 78.4. The molecule has 2 aliphatic rings. The fourth-order valence-corrected chi connectivity index (χ4v) is 8.20. The Balaban J connectivity index is 0.000000356. The first-order valence-corrected chi connectivity index (χ1v) is 23.9. The number of fused-ring (bicyclic) bond motifs is 1. The summed E-state index contributed by atoms with van der Waals surface area (Å²) in [4.78, 5) is 0. The largest absolute Gasteiger partial charge is 0.394 e. The van der Waals surface area contributed by atoms with Crippen LogP contribution in [0.4, 0.5) is 0 Å². The van der Waals surface area contributed by atoms with Gasteiger partial charge in [-0.05, 0) is 39.1 Å². The maximum atomic E-state index is 10.7. The van der Waals surface area contributed by atoms with E-state index in [9.17, 15) is 25.5 Å². The van der Waals surface area contributed by atoms with E-state index >= 15 is 0 Å². The van der Waals surface area contributed by atoms with Crippen LogP contribution in [0.3, 0.4) is 0 Å². The van der Waals surface area contributed by atoms with Gasteiger partial charge in [0.2, 0.25) is 0 Å². The van der Waals surface area contributed by atoms with Crippen LogP contribution in [0, 0.1) is 0 Å². The summed E-state index contributed by atoms with van der Waals surface area (Å²) < 4.78 is 59.5. The highest BCUT2D eigenvalue weighted by Gasteiger charge is 2.46. The molecule has 0 radical (unpaired) electrons. The Labute approximate surface area is 419 Å². The standard InChI is InChI=1S/C43H48O9.C11H22O9/c1-46-42-40(45)37(24-44)52-43(42)51-30-39(49-27-32-15-7-3-8-16-32)41(50-28-33-17-9-4-10-18-33)38(48-26-31-13-5-2-6-14-31)29-47-25-34-21-22-35-19-11-12-20-36(35)23-34;1-18-10-9(17)7(3-13)20-11(10)19-4-6(15)8(16)5(14)2-12/h2-23,37-45H,24-30H2,1H3;5-17H,2-4H2,1H3/t37-,38?,39?,40?,41?,42+,43-;5?,6?,7-,8?,9?,10+,11-/m11/s1. The molecule has 0 amide bonds. The van der Waals surface area contributed by atoms with Crippen molar-refractivity contribution in [3.05, 3.63) is 156 Å². The summed E-state index contributed by atoms with van der Waals surface area (Å²) >= 11 is 0. The number of aliphatic hydroxyl groups is 8. The molecule has 394 valence electrons. The van der Waals surface area contributed by atoms with E-state index in [1.54, 1.807) is 0 Å². The Hall–Kier alpha value is -4.36. The molecule has 72 heavy (non-hydrogen) atoms. The molecule has 0 saturated carbocycles. The molecule has 2 fully saturated rings. The number of rotatable bonds is 28. The average Bonchev–Trinajstić information content (AvgIpc) is 3.92. The van der Waals surface area contributed by atoms with Gasteiger partial charge in [0, 0.05) is 14.2 Å². The fourth-order valence-electron chi connectivity index (χ4n) is 8.20. The molecule has 2 saturated heterocycles. The second kappa shape index (κ2) is 30.1. The van der Waals surface area contributed by atoms with Crippen LogP contribution in [-0.2, 0) is 73.8 Å². The Bertz CT molecular complexity index is 2230. The Kier molecular flexibility index (Phi) is 23.8. The molecule has 2 heterocycles. The predicted molar refractivity (Wildman–Crippen MR) is 261 cm³/mol. The minimum absolute atomic E-state index is 0.0115. The van der Waals surface area contributed by atoms with E-state index in [0.717, 1.165) is 27.6 Å². The van der Waals surface area contributed by atoms with Gasteiger partial charge in [-0.3, -0.25) is 0 Å². The number of aliphatic hydroxyl groups excluding tert-OH is 8. The molecule has 0 aromatic heterocycles. The van der Waals surface area contributed by atoms with Crippen molar-refractivity contribution in [2.45, 2.75) is 112 Å². The Morgan fingerprint density at radius 3 is 1.43 bits per heavy atom. The van der Waals surface area contributed by atoms with Gasteiger partial charge in [-0.1, -0.05) is 127 Å². The minimum Gasteiger partial charge on any atom is -0.394 e. The molecule has 8 N–H and O–H groups in total. The summed E-state index contributed by atoms with van der Waals surface area (Å²) in [6, 6.07) is 44.4. The maximum absolute atomic E-state index is 10.7. The minimum atomic E-state index is -1.58. The molecule has 18 heteroatoms. The number of methoxy groups -OCH3 is 2. The first-order chi connectivity index (χ1) is 35.1. The van der Waals surface area contributed by atoms with E-state index in [1.165, 1.54) is 19.6 Å². The van der Waals surface area contributed by atoms with E-state index in [0.29, 0.717) is 19.8 Å². The molecule has 18 nitrogen and oxygen atoms in total. The van der Waals surface area contributed by atoms with Gasteiger partial charge >= 0.3 is 0 Å². The average molecular weight is 1010 g/mol. The highest BCUT2D eigenvalue weighted by molar-refractivity contribution is 5.82. The first kappa shape index (κ1) is 56.9. The van der Waals surface area contributed by atoms with Crippen LogP contribution in [0.5, 0.6) is 0 Å². The lowest BCUT2D eigenvalue weighted by Crippen LogP contribution is -2.48. The summed E-state index contributed by atoms with van der Waals surface area (Å²) in [6.07, 6.45) is -13.9. The van der Waals surface area contributed by atoms with Crippen molar-refractivity contribution < 1.29 is 88.2 Å². The van der Waals surface area contributed by atoms with Gasteiger partial charge in [0.25, 0.3) is 0 Å². The molecule has 5 aromatic carbocycles. The van der Waals surface area contributed by atoms with Gasteiger partial charge in [0.1, 0.15) is 73.2 Å². The predicted octanol–water partition coefficient (Wildman–Crippen LogP) is 2.39. The maximum Gasteiger partial charge on any atom is 0.187 e. The molecule has 8 unspecified atom stereocenters. The van der Waals surface area contributed by atoms with Crippen molar-refractivity contribution in [1.82, 2.24) is 0 Å². The highest BCUT2D eigenvalue weighted by Crippen LogP contribution is 2.28. The lowest BCUT2D eigenvalue weighted by Gasteiger charge is -2.34. The molecular formula is C54H70O18. The summed E-state index contributed by atoms with van der Waals surface area (Å²) in [6.45, 7) is -0.422. The molecule has 14 atom stereocenters. The molecule has 7 rings (SSSR count). The van der Waals surface area contributed by atoms with Crippen LogP contribution < -0.4 is 0 Å². The number of ether oxygens (including phenoxy) is 10. The van der Waals surface area contributed by atoms with E-state index < -0.39 is 106 Å². The van der Waals surface area contributed by atoms with E-state index in [1.807, 2.05) is 103 Å². The highest BCUT2D eigenvalue weighted by atomic mass is 16.7. The monoisotopic (exact) mass is 1010 g/mol. The molecule has 5 aromatic rings. The molecule has 2 aliphatic heterocycles. The SMILES string of the molecule is CO[C@H]1C(O)[C@@H](CO)O[C@H]1OCC(O)C(O)C(O)CO.CO[C@H]1C(O)[C@@H](CO)O[C@H]1OCC(OCc1ccccc1)C(OCc1ccccc1)C(COCc1ccc2ccccc2c1)OCc1ccccc1. The first-order valence-electron chi connectivity index (χ1n) is 23.9. The zero-order valence-electron chi connectivity index (χ0n) is 40.5. The van der Waals surface area contributed by atoms with Gasteiger partial charge in [-0.25, -0.2) is 0 Å². The lowest BCUT2D eigenvalue weighted by molar-refractivity contribution is -0.220. The lowest BCUT2D eigenvalue weighted by atomic mass is 10.1. The quantitative estimate of drug-likeness (QED) is 0.0358. The third kappa shape index (κ3) is 16.6. The van der Waals surface area contributed by atoms with Crippen molar-refractivity contribution in [1.29, 1.82) is 0 Å². The van der Waals surface area contributed by atoms with Gasteiger partial charge in [0.15, 0.2) is 12.6 Å². The molecular weight excluding hydrogens is 937 g/mol. The fraction of sp³-hybridized carbons (Fsp3) is 0.481. The summed E-state index contributed by atoms with van der Waals surface area (Å²) in [5.41, 5.74) is 4.02. The zero-order chi connectivity index (χ0) is 51.2. The van der Waals surface area contributed by atoms with Crippen LogP contribution in [0.15, 0.2) is 133 Å². The number of hydrogen-bond donors (Lipinski definition) is 8.